The quantitative estimate of drug-likeness (QED) is 0.480. The van der Waals surface area contributed by atoms with E-state index in [0.717, 1.165) is 22.2 Å². The fourth-order valence-electron chi connectivity index (χ4n) is 3.93. The molecule has 4 rings (SSSR count). The van der Waals surface area contributed by atoms with Crippen LogP contribution in [0.15, 0.2) is 33.9 Å². The smallest absolute Gasteiger partial charge is 0.353 e. The van der Waals surface area contributed by atoms with Gasteiger partial charge in [-0.2, -0.15) is 0 Å². The molecule has 10 nitrogen and oxygen atoms in total. The zero-order valence-electron chi connectivity index (χ0n) is 17.6. The Hall–Kier alpha value is -3.18. The second kappa shape index (κ2) is 8.06. The van der Waals surface area contributed by atoms with E-state index in [4.69, 9.17) is 4.74 Å². The van der Waals surface area contributed by atoms with E-state index in [1.807, 2.05) is 6.92 Å². The van der Waals surface area contributed by atoms with E-state index in [1.165, 1.54) is 13.1 Å². The second-order valence-electron chi connectivity index (χ2n) is 7.68. The first-order valence-electron chi connectivity index (χ1n) is 9.96. The van der Waals surface area contributed by atoms with Crippen molar-refractivity contribution in [3.05, 3.63) is 50.4 Å². The summed E-state index contributed by atoms with van der Waals surface area (Å²) in [6.45, 7) is 5.16. The molecule has 11 heteroatoms. The normalized spacial score (nSPS) is 20.9. The van der Waals surface area contributed by atoms with E-state index in [9.17, 15) is 29.4 Å². The number of amides is 1. The lowest BCUT2D eigenvalue weighted by molar-refractivity contribution is -0.156. The van der Waals surface area contributed by atoms with Gasteiger partial charge in [-0.1, -0.05) is 11.8 Å². The molecule has 1 fully saturated rings. The first kappa shape index (κ1) is 22.0. The van der Waals surface area contributed by atoms with Crippen LogP contribution in [0.5, 0.6) is 0 Å². The predicted octanol–water partition coefficient (Wildman–Crippen LogP) is 1.09. The van der Waals surface area contributed by atoms with Crippen molar-refractivity contribution < 1.29 is 29.3 Å². The number of esters is 1. The maximum absolute atomic E-state index is 12.9. The molecule has 2 aromatic heterocycles. The van der Waals surface area contributed by atoms with Crippen molar-refractivity contribution in [2.45, 2.75) is 38.8 Å². The van der Waals surface area contributed by atoms with E-state index in [2.05, 4.69) is 4.98 Å². The van der Waals surface area contributed by atoms with E-state index < -0.39 is 47.3 Å². The van der Waals surface area contributed by atoms with Gasteiger partial charge in [0.2, 0.25) is 11.3 Å². The molecule has 0 aliphatic carbocycles. The lowest BCUT2D eigenvalue weighted by Crippen LogP contribution is -2.60. The maximum atomic E-state index is 12.9. The summed E-state index contributed by atoms with van der Waals surface area (Å²) in [6, 6.07) is 1.65. The van der Waals surface area contributed by atoms with Gasteiger partial charge in [0.25, 0.3) is 0 Å². The molecular formula is C21H21N3O7S. The summed E-state index contributed by atoms with van der Waals surface area (Å²) >= 11 is 1.06. The molecule has 1 amide bonds. The van der Waals surface area contributed by atoms with Crippen molar-refractivity contribution in [2.75, 3.05) is 6.61 Å². The molecule has 0 unspecified atom stereocenters. The third kappa shape index (κ3) is 3.37. The zero-order chi connectivity index (χ0) is 23.3. The lowest BCUT2D eigenvalue weighted by atomic mass is 9.92. The second-order valence-corrected chi connectivity index (χ2v) is 8.89. The number of nitrogens with zero attached hydrogens (tertiary/aromatic N) is 3. The number of thioether (sulfide) groups is 1. The number of carboxylic acids is 1. The van der Waals surface area contributed by atoms with Crippen LogP contribution in [0.4, 0.5) is 0 Å². The number of hydrogen-bond donors (Lipinski definition) is 2. The molecule has 32 heavy (non-hydrogen) atoms. The molecule has 0 aromatic carbocycles. The van der Waals surface area contributed by atoms with Crippen LogP contribution in [0.25, 0.3) is 11.0 Å². The van der Waals surface area contributed by atoms with Crippen molar-refractivity contribution in [1.29, 1.82) is 0 Å². The molecule has 2 aliphatic rings. The molecule has 0 spiro atoms. The number of fused-ring (bicyclic) bond motifs is 2. The van der Waals surface area contributed by atoms with Crippen LogP contribution in [0, 0.1) is 12.8 Å². The Morgan fingerprint density at radius 1 is 1.34 bits per heavy atom. The van der Waals surface area contributed by atoms with E-state index >= 15 is 0 Å². The van der Waals surface area contributed by atoms with Gasteiger partial charge in [0.15, 0.2) is 0 Å². The summed E-state index contributed by atoms with van der Waals surface area (Å²) in [5, 5.41) is 19.1. The highest BCUT2D eigenvalue weighted by atomic mass is 32.2. The minimum Gasteiger partial charge on any atom is -0.477 e. The number of aryl methyl sites for hydroxylation is 2. The zero-order valence-corrected chi connectivity index (χ0v) is 18.4. The van der Waals surface area contributed by atoms with Gasteiger partial charge < -0.3 is 19.5 Å². The van der Waals surface area contributed by atoms with Gasteiger partial charge in [0.05, 0.1) is 22.3 Å². The number of aliphatic hydroxyl groups excluding tert-OH is 1. The van der Waals surface area contributed by atoms with Gasteiger partial charge in [0, 0.05) is 18.9 Å². The van der Waals surface area contributed by atoms with Gasteiger partial charge >= 0.3 is 11.9 Å². The Morgan fingerprint density at radius 2 is 2.06 bits per heavy atom. The molecular weight excluding hydrogens is 438 g/mol. The number of carbonyl (C=O) groups excluding carboxylic acids is 2. The summed E-state index contributed by atoms with van der Waals surface area (Å²) in [6.07, 6.45) is 2.08. The van der Waals surface area contributed by atoms with Gasteiger partial charge in [0.1, 0.15) is 28.9 Å². The highest BCUT2D eigenvalue weighted by Crippen LogP contribution is 2.50. The molecule has 3 atom stereocenters. The summed E-state index contributed by atoms with van der Waals surface area (Å²) < 4.78 is 6.96. The van der Waals surface area contributed by atoms with Crippen molar-refractivity contribution in [1.82, 2.24) is 14.5 Å². The standard InChI is InChI=1S/C21H21N3O7S/c1-4-23-7-12(16(26)11-5-9(2)6-22-17(11)23)21(30)31-8-13-15(20(28)29)24-18(27)14(10(3)25)19(24)32-13/h5-7,10,14,19,25H,4,8H2,1-3H3,(H,28,29)/t10-,14-,19-/m1/s1. The lowest BCUT2D eigenvalue weighted by Gasteiger charge is -2.43. The third-order valence-corrected chi connectivity index (χ3v) is 6.86. The van der Waals surface area contributed by atoms with Crippen molar-refractivity contribution in [3.8, 4) is 0 Å². The molecule has 0 saturated carbocycles. The summed E-state index contributed by atoms with van der Waals surface area (Å²) in [7, 11) is 0. The van der Waals surface area contributed by atoms with Gasteiger partial charge in [-0.15, -0.1) is 0 Å². The van der Waals surface area contributed by atoms with Gasteiger partial charge in [-0.3, -0.25) is 14.5 Å². The number of pyridine rings is 2. The van der Waals surface area contributed by atoms with E-state index in [-0.39, 0.29) is 21.6 Å². The van der Waals surface area contributed by atoms with Crippen LogP contribution in [-0.2, 0) is 20.9 Å². The molecule has 1 saturated heterocycles. The molecule has 2 N–H and O–H groups in total. The highest BCUT2D eigenvalue weighted by Gasteiger charge is 2.57. The number of hydrogen-bond acceptors (Lipinski definition) is 8. The molecule has 2 aliphatic heterocycles. The molecule has 168 valence electrons. The van der Waals surface area contributed by atoms with Crippen LogP contribution in [-0.4, -0.2) is 60.6 Å². The summed E-state index contributed by atoms with van der Waals surface area (Å²) in [4.78, 5) is 55.2. The first-order chi connectivity index (χ1) is 15.1. The fraction of sp³-hybridized carbons (Fsp3) is 0.381. The number of aliphatic carboxylic acids is 1. The number of aromatic nitrogens is 2. The van der Waals surface area contributed by atoms with Crippen LogP contribution in [0.2, 0.25) is 0 Å². The van der Waals surface area contributed by atoms with E-state index in [0.29, 0.717) is 12.2 Å². The maximum Gasteiger partial charge on any atom is 0.353 e. The monoisotopic (exact) mass is 459 g/mol. The molecule has 0 radical (unpaired) electrons. The topological polar surface area (TPSA) is 139 Å². The Bertz CT molecular complexity index is 1250. The summed E-state index contributed by atoms with van der Waals surface area (Å²) in [5.74, 6) is -3.44. The Balaban J connectivity index is 1.61. The highest BCUT2D eigenvalue weighted by molar-refractivity contribution is 8.04. The Labute approximate surface area is 186 Å². The Kier molecular flexibility index (Phi) is 5.55. The number of carboxylic acid groups (broad SMARTS) is 1. The van der Waals surface area contributed by atoms with Crippen LogP contribution >= 0.6 is 11.8 Å². The minimum absolute atomic E-state index is 0.182. The summed E-state index contributed by atoms with van der Waals surface area (Å²) in [5.41, 5.74) is 0.246. The van der Waals surface area contributed by atoms with Crippen LogP contribution < -0.4 is 5.43 Å². The number of aliphatic hydroxyl groups is 1. The predicted molar refractivity (Wildman–Crippen MR) is 115 cm³/mol. The molecule has 0 bridgehead atoms. The van der Waals surface area contributed by atoms with Gasteiger partial charge in [-0.25, -0.2) is 14.6 Å². The molecule has 2 aromatic rings. The number of β-lactam (4-membered cyclic amide) rings is 1. The molecule has 4 heterocycles. The minimum atomic E-state index is -1.33. The van der Waals surface area contributed by atoms with Gasteiger partial charge in [-0.05, 0) is 32.4 Å². The fourth-order valence-corrected chi connectivity index (χ4v) is 5.45. The largest absolute Gasteiger partial charge is 0.477 e. The Morgan fingerprint density at radius 3 is 2.69 bits per heavy atom. The van der Waals surface area contributed by atoms with Crippen LogP contribution in [0.3, 0.4) is 0 Å². The van der Waals surface area contributed by atoms with E-state index in [1.54, 1.807) is 23.8 Å². The van der Waals surface area contributed by atoms with Crippen LogP contribution in [0.1, 0.15) is 29.8 Å². The van der Waals surface area contributed by atoms with Crippen molar-refractivity contribution in [3.63, 3.8) is 0 Å². The SMILES string of the molecule is CCn1cc(C(=O)OCC2=C(C(=O)O)N3C(=O)[C@@H]([C@@H](C)O)[C@H]3S2)c(=O)c2cc(C)cnc21. The number of carbonyl (C=O) groups is 3. The van der Waals surface area contributed by atoms with Crippen molar-refractivity contribution in [2.24, 2.45) is 5.92 Å². The van der Waals surface area contributed by atoms with Crippen molar-refractivity contribution >= 4 is 40.6 Å². The number of ether oxygens (including phenoxy) is 1. The average Bonchev–Trinajstić information content (AvgIpc) is 3.06. The number of rotatable bonds is 6. The third-order valence-electron chi connectivity index (χ3n) is 5.52. The first-order valence-corrected chi connectivity index (χ1v) is 10.8. The average molecular weight is 459 g/mol.